The van der Waals surface area contributed by atoms with Crippen LogP contribution in [0.3, 0.4) is 0 Å². The third-order valence-corrected chi connectivity index (χ3v) is 4.19. The highest BCUT2D eigenvalue weighted by atomic mass is 16.5. The minimum Gasteiger partial charge on any atom is -0.390 e. The Bertz CT molecular complexity index is 220. The molecule has 4 nitrogen and oxygen atoms in total. The van der Waals surface area contributed by atoms with Crippen LogP contribution in [0.2, 0.25) is 0 Å². The van der Waals surface area contributed by atoms with Gasteiger partial charge in [-0.1, -0.05) is 0 Å². The maximum Gasteiger partial charge on any atom is 0.0802 e. The first-order valence-electron chi connectivity index (χ1n) is 6.90. The van der Waals surface area contributed by atoms with Crippen molar-refractivity contribution in [1.29, 1.82) is 0 Å². The highest BCUT2D eigenvalue weighted by molar-refractivity contribution is 4.91. The first-order valence-corrected chi connectivity index (χ1v) is 6.90. The van der Waals surface area contributed by atoms with Gasteiger partial charge in [0.15, 0.2) is 0 Å². The van der Waals surface area contributed by atoms with Crippen LogP contribution in [0.5, 0.6) is 0 Å². The second kappa shape index (κ2) is 6.14. The monoisotopic (exact) mass is 242 g/mol. The number of aliphatic hydroxyl groups excluding tert-OH is 1. The quantitative estimate of drug-likeness (QED) is 0.686. The normalized spacial score (nSPS) is 25.8. The van der Waals surface area contributed by atoms with Gasteiger partial charge in [0.25, 0.3) is 0 Å². The number of nitrogens with zero attached hydrogens (tertiary/aromatic N) is 1. The van der Waals surface area contributed by atoms with Crippen LogP contribution in [0, 0.1) is 0 Å². The fourth-order valence-corrected chi connectivity index (χ4v) is 2.82. The summed E-state index contributed by atoms with van der Waals surface area (Å²) in [4.78, 5) is 2.35. The van der Waals surface area contributed by atoms with Gasteiger partial charge in [-0.15, -0.1) is 0 Å². The molecule has 1 saturated carbocycles. The zero-order chi connectivity index (χ0) is 12.1. The van der Waals surface area contributed by atoms with Crippen LogP contribution in [0.4, 0.5) is 0 Å². The number of ether oxygens (including phenoxy) is 1. The third-order valence-electron chi connectivity index (χ3n) is 4.19. The summed E-state index contributed by atoms with van der Waals surface area (Å²) >= 11 is 0. The van der Waals surface area contributed by atoms with Crippen LogP contribution in [-0.2, 0) is 4.74 Å². The number of methoxy groups -OCH3 is 1. The van der Waals surface area contributed by atoms with Gasteiger partial charge in [-0.25, -0.2) is 0 Å². The van der Waals surface area contributed by atoms with Crippen LogP contribution < -0.4 is 5.32 Å². The SMILES string of the molecule is COC1(CNCC(O)CN2CCCC2)CCC1. The molecule has 0 aromatic carbocycles. The molecule has 0 radical (unpaired) electrons. The zero-order valence-electron chi connectivity index (χ0n) is 11.0. The molecule has 100 valence electrons. The minimum absolute atomic E-state index is 0.0629. The van der Waals surface area contributed by atoms with Gasteiger partial charge >= 0.3 is 0 Å². The maximum atomic E-state index is 9.92. The van der Waals surface area contributed by atoms with E-state index >= 15 is 0 Å². The van der Waals surface area contributed by atoms with Crippen LogP contribution in [0.25, 0.3) is 0 Å². The third kappa shape index (κ3) is 3.65. The summed E-state index contributed by atoms with van der Waals surface area (Å²) in [6.07, 6.45) is 5.89. The Hall–Kier alpha value is -0.160. The Morgan fingerprint density at radius 1 is 1.29 bits per heavy atom. The summed E-state index contributed by atoms with van der Waals surface area (Å²) in [5.74, 6) is 0. The van der Waals surface area contributed by atoms with E-state index < -0.39 is 0 Å². The van der Waals surface area contributed by atoms with Crippen molar-refractivity contribution in [1.82, 2.24) is 10.2 Å². The van der Waals surface area contributed by atoms with E-state index in [1.807, 2.05) is 0 Å². The smallest absolute Gasteiger partial charge is 0.0802 e. The Balaban J connectivity index is 1.57. The van der Waals surface area contributed by atoms with Crippen LogP contribution >= 0.6 is 0 Å². The molecule has 2 N–H and O–H groups in total. The van der Waals surface area contributed by atoms with Crippen molar-refractivity contribution in [3.05, 3.63) is 0 Å². The number of rotatable bonds is 7. The first kappa shape index (κ1) is 13.3. The van der Waals surface area contributed by atoms with Crippen molar-refractivity contribution in [3.63, 3.8) is 0 Å². The van der Waals surface area contributed by atoms with Gasteiger partial charge in [0.1, 0.15) is 0 Å². The van der Waals surface area contributed by atoms with Crippen LogP contribution in [-0.4, -0.2) is 61.5 Å². The van der Waals surface area contributed by atoms with Crippen molar-refractivity contribution in [2.45, 2.75) is 43.8 Å². The van der Waals surface area contributed by atoms with E-state index in [4.69, 9.17) is 4.74 Å². The summed E-state index contributed by atoms with van der Waals surface area (Å²) in [5, 5.41) is 13.3. The van der Waals surface area contributed by atoms with Crippen molar-refractivity contribution in [2.24, 2.45) is 0 Å². The fourth-order valence-electron chi connectivity index (χ4n) is 2.82. The highest BCUT2D eigenvalue weighted by Crippen LogP contribution is 2.34. The average molecular weight is 242 g/mol. The predicted octanol–water partition coefficient (Wildman–Crippen LogP) is 0.602. The first-order chi connectivity index (χ1) is 8.24. The zero-order valence-corrected chi connectivity index (χ0v) is 11.0. The molecule has 0 aromatic rings. The molecule has 2 rings (SSSR count). The van der Waals surface area contributed by atoms with E-state index in [0.717, 1.165) is 39.0 Å². The summed E-state index contributed by atoms with van der Waals surface area (Å²) < 4.78 is 5.53. The number of hydrogen-bond donors (Lipinski definition) is 2. The number of β-amino-alcohol motifs (C(OH)–C–C–N with tert-alkyl or cyclic N) is 1. The van der Waals surface area contributed by atoms with Gasteiger partial charge in [0.2, 0.25) is 0 Å². The molecule has 4 heteroatoms. The van der Waals surface area contributed by atoms with E-state index in [2.05, 4.69) is 10.2 Å². The molecular formula is C13H26N2O2. The van der Waals surface area contributed by atoms with Gasteiger partial charge in [0.05, 0.1) is 11.7 Å². The molecule has 2 fully saturated rings. The van der Waals surface area contributed by atoms with Crippen molar-refractivity contribution in [3.8, 4) is 0 Å². The number of aliphatic hydroxyl groups is 1. The molecule has 0 spiro atoms. The van der Waals surface area contributed by atoms with Gasteiger partial charge < -0.3 is 20.1 Å². The summed E-state index contributed by atoms with van der Waals surface area (Å²) in [6, 6.07) is 0. The molecule has 1 saturated heterocycles. The molecule has 2 aliphatic rings. The molecule has 0 amide bonds. The molecule has 17 heavy (non-hydrogen) atoms. The molecule has 1 atom stereocenters. The summed E-state index contributed by atoms with van der Waals surface area (Å²) in [6.45, 7) is 4.67. The lowest BCUT2D eigenvalue weighted by atomic mass is 9.80. The Kier molecular flexibility index (Phi) is 4.79. The topological polar surface area (TPSA) is 44.7 Å². The van der Waals surface area contributed by atoms with Gasteiger partial charge in [-0.2, -0.15) is 0 Å². The Morgan fingerprint density at radius 3 is 2.53 bits per heavy atom. The number of likely N-dealkylation sites (tertiary alicyclic amines) is 1. The molecular weight excluding hydrogens is 216 g/mol. The van der Waals surface area contributed by atoms with Gasteiger partial charge in [-0.05, 0) is 45.2 Å². The lowest BCUT2D eigenvalue weighted by Crippen LogP contribution is -2.50. The number of hydrogen-bond acceptors (Lipinski definition) is 4. The predicted molar refractivity (Wildman–Crippen MR) is 68.1 cm³/mol. The average Bonchev–Trinajstić information content (AvgIpc) is 2.75. The highest BCUT2D eigenvalue weighted by Gasteiger charge is 2.36. The van der Waals surface area contributed by atoms with E-state index in [9.17, 15) is 5.11 Å². The Labute approximate surface area is 104 Å². The number of nitrogens with one attached hydrogen (secondary N) is 1. The van der Waals surface area contributed by atoms with E-state index in [1.165, 1.54) is 19.3 Å². The standard InChI is InChI=1S/C13H26N2O2/c1-17-13(5-4-6-13)11-14-9-12(16)10-15-7-2-3-8-15/h12,14,16H,2-11H2,1H3. The van der Waals surface area contributed by atoms with E-state index in [1.54, 1.807) is 7.11 Å². The second-order valence-electron chi connectivity index (χ2n) is 5.53. The van der Waals surface area contributed by atoms with Crippen molar-refractivity contribution < 1.29 is 9.84 Å². The molecule has 1 heterocycles. The molecule has 1 unspecified atom stereocenters. The van der Waals surface area contributed by atoms with Gasteiger partial charge in [0, 0.05) is 26.7 Å². The lowest BCUT2D eigenvalue weighted by Gasteiger charge is -2.40. The van der Waals surface area contributed by atoms with Crippen molar-refractivity contribution >= 4 is 0 Å². The van der Waals surface area contributed by atoms with Crippen LogP contribution in [0.1, 0.15) is 32.1 Å². The summed E-state index contributed by atoms with van der Waals surface area (Å²) in [5.41, 5.74) is 0.0629. The molecule has 0 bridgehead atoms. The molecule has 1 aliphatic carbocycles. The lowest BCUT2D eigenvalue weighted by molar-refractivity contribution is -0.0705. The maximum absolute atomic E-state index is 9.92. The van der Waals surface area contributed by atoms with Crippen LogP contribution in [0.15, 0.2) is 0 Å². The van der Waals surface area contributed by atoms with E-state index in [0.29, 0.717) is 6.54 Å². The Morgan fingerprint density at radius 2 is 2.00 bits per heavy atom. The largest absolute Gasteiger partial charge is 0.390 e. The van der Waals surface area contributed by atoms with Crippen molar-refractivity contribution in [2.75, 3.05) is 39.8 Å². The minimum atomic E-state index is -0.248. The van der Waals surface area contributed by atoms with E-state index in [-0.39, 0.29) is 11.7 Å². The molecule has 0 aromatic heterocycles. The fraction of sp³-hybridized carbons (Fsp3) is 1.00. The second-order valence-corrected chi connectivity index (χ2v) is 5.53. The molecule has 1 aliphatic heterocycles. The summed E-state index contributed by atoms with van der Waals surface area (Å²) in [7, 11) is 1.79. The van der Waals surface area contributed by atoms with Gasteiger partial charge in [-0.3, -0.25) is 0 Å².